The summed E-state index contributed by atoms with van der Waals surface area (Å²) < 4.78 is 0.836. The first-order valence-corrected chi connectivity index (χ1v) is 9.50. The van der Waals surface area contributed by atoms with E-state index in [1.165, 1.54) is 17.7 Å². The molecule has 4 rings (SSSR count). The third-order valence-corrected chi connectivity index (χ3v) is 5.53. The van der Waals surface area contributed by atoms with E-state index in [0.29, 0.717) is 17.4 Å². The molecule has 0 bridgehead atoms. The van der Waals surface area contributed by atoms with Gasteiger partial charge in [0.05, 0.1) is 22.3 Å². The molecule has 8 heteroatoms. The molecule has 2 heterocycles. The molecule has 4 aromatic rings. The van der Waals surface area contributed by atoms with E-state index in [2.05, 4.69) is 20.2 Å². The lowest BCUT2D eigenvalue weighted by Crippen LogP contribution is -1.95. The van der Waals surface area contributed by atoms with Crippen molar-refractivity contribution in [3.8, 4) is 10.4 Å². The van der Waals surface area contributed by atoms with Crippen molar-refractivity contribution in [1.82, 2.24) is 9.97 Å². The van der Waals surface area contributed by atoms with Gasteiger partial charge in [0.15, 0.2) is 5.82 Å². The number of halogens is 1. The van der Waals surface area contributed by atoms with Gasteiger partial charge < -0.3 is 5.11 Å². The minimum Gasteiger partial charge on any atom is -0.478 e. The molecule has 0 aliphatic rings. The van der Waals surface area contributed by atoms with Crippen molar-refractivity contribution >= 4 is 44.9 Å². The van der Waals surface area contributed by atoms with Crippen LogP contribution in [0.1, 0.15) is 15.9 Å². The van der Waals surface area contributed by atoms with Crippen molar-refractivity contribution in [2.75, 3.05) is 0 Å². The molecular weight excluding hydrogens is 396 g/mol. The maximum atomic E-state index is 10.9. The van der Waals surface area contributed by atoms with Crippen molar-refractivity contribution in [1.29, 1.82) is 0 Å². The number of hydrogen-bond acceptors (Lipinski definition) is 6. The molecule has 0 fully saturated rings. The van der Waals surface area contributed by atoms with Crippen LogP contribution in [0.25, 0.3) is 20.7 Å². The fraction of sp³-hybridized carbons (Fsp3) is 0.0500. The number of nitrogens with zero attached hydrogens (tertiary/aromatic N) is 4. The Morgan fingerprint density at radius 2 is 1.89 bits per heavy atom. The standard InChI is InChI=1S/C20H13ClN4O2S/c21-15-4-2-1-3-14(15)17-9-16-18(28-17)19(23-11-22-16)25-24-10-12-5-7-13(8-6-12)20(26)27/h1-9,11H,10H2,(H,26,27). The summed E-state index contributed by atoms with van der Waals surface area (Å²) in [6.07, 6.45) is 1.46. The lowest BCUT2D eigenvalue weighted by atomic mass is 10.1. The minimum absolute atomic E-state index is 0.240. The smallest absolute Gasteiger partial charge is 0.335 e. The van der Waals surface area contributed by atoms with Crippen LogP contribution in [0, 0.1) is 0 Å². The molecule has 2 aromatic heterocycles. The molecule has 0 spiro atoms. The Morgan fingerprint density at radius 3 is 2.64 bits per heavy atom. The Hall–Kier alpha value is -3.16. The highest BCUT2D eigenvalue weighted by Crippen LogP contribution is 2.39. The topological polar surface area (TPSA) is 87.8 Å². The van der Waals surface area contributed by atoms with Crippen LogP contribution in [0.2, 0.25) is 5.02 Å². The highest BCUT2D eigenvalue weighted by Gasteiger charge is 2.12. The largest absolute Gasteiger partial charge is 0.478 e. The second kappa shape index (κ2) is 7.84. The van der Waals surface area contributed by atoms with Gasteiger partial charge in [0, 0.05) is 15.5 Å². The number of fused-ring (bicyclic) bond motifs is 1. The summed E-state index contributed by atoms with van der Waals surface area (Å²) in [4.78, 5) is 20.4. The number of carbonyl (C=O) groups is 1. The van der Waals surface area contributed by atoms with Gasteiger partial charge in [-0.25, -0.2) is 14.8 Å². The molecule has 0 aliphatic heterocycles. The first-order valence-electron chi connectivity index (χ1n) is 8.31. The zero-order valence-corrected chi connectivity index (χ0v) is 16.0. The van der Waals surface area contributed by atoms with Gasteiger partial charge in [0.1, 0.15) is 6.33 Å². The summed E-state index contributed by atoms with van der Waals surface area (Å²) in [6, 6.07) is 16.1. The predicted octanol–water partition coefficient (Wildman–Crippen LogP) is 5.99. The van der Waals surface area contributed by atoms with Crippen molar-refractivity contribution < 1.29 is 9.90 Å². The molecule has 1 N–H and O–H groups in total. The summed E-state index contributed by atoms with van der Waals surface area (Å²) in [6.45, 7) is 0.328. The van der Waals surface area contributed by atoms with Crippen LogP contribution in [-0.2, 0) is 6.54 Å². The Bertz CT molecular complexity index is 1190. The molecule has 0 radical (unpaired) electrons. The zero-order chi connectivity index (χ0) is 19.5. The number of rotatable bonds is 5. The predicted molar refractivity (Wildman–Crippen MR) is 109 cm³/mol. The van der Waals surface area contributed by atoms with Gasteiger partial charge in [-0.05, 0) is 29.8 Å². The van der Waals surface area contributed by atoms with E-state index >= 15 is 0 Å². The molecule has 0 aliphatic carbocycles. The Morgan fingerprint density at radius 1 is 1.11 bits per heavy atom. The van der Waals surface area contributed by atoms with Gasteiger partial charge in [-0.2, -0.15) is 5.11 Å². The Balaban J connectivity index is 1.59. The first-order chi connectivity index (χ1) is 13.6. The average molecular weight is 409 g/mol. The molecule has 0 amide bonds. The monoisotopic (exact) mass is 408 g/mol. The van der Waals surface area contributed by atoms with Crippen LogP contribution in [0.3, 0.4) is 0 Å². The number of benzene rings is 2. The van der Waals surface area contributed by atoms with Crippen LogP contribution >= 0.6 is 22.9 Å². The van der Waals surface area contributed by atoms with E-state index in [9.17, 15) is 4.79 Å². The SMILES string of the molecule is O=C(O)c1ccc(CN=Nc2ncnc3cc(-c4ccccc4Cl)sc23)cc1. The molecule has 0 saturated carbocycles. The lowest BCUT2D eigenvalue weighted by molar-refractivity contribution is 0.0697. The number of azo groups is 1. The molecular formula is C20H13ClN4O2S. The summed E-state index contributed by atoms with van der Waals surface area (Å²) in [5.74, 6) is -0.459. The molecule has 6 nitrogen and oxygen atoms in total. The molecule has 0 unspecified atom stereocenters. The quantitative estimate of drug-likeness (QED) is 0.410. The fourth-order valence-corrected chi connectivity index (χ4v) is 4.02. The molecule has 2 aromatic carbocycles. The summed E-state index contributed by atoms with van der Waals surface area (Å²) in [7, 11) is 0. The van der Waals surface area contributed by atoms with E-state index < -0.39 is 5.97 Å². The van der Waals surface area contributed by atoms with Crippen LogP contribution in [0.15, 0.2) is 71.2 Å². The molecule has 138 valence electrons. The van der Waals surface area contributed by atoms with E-state index in [1.54, 1.807) is 24.3 Å². The van der Waals surface area contributed by atoms with Crippen LogP contribution in [-0.4, -0.2) is 21.0 Å². The normalized spacial score (nSPS) is 11.3. The third kappa shape index (κ3) is 3.76. The number of thiophene rings is 1. The highest BCUT2D eigenvalue weighted by atomic mass is 35.5. The second-order valence-corrected chi connectivity index (χ2v) is 7.36. The van der Waals surface area contributed by atoms with Gasteiger partial charge in [-0.3, -0.25) is 0 Å². The fourth-order valence-electron chi connectivity index (χ4n) is 2.64. The summed E-state index contributed by atoms with van der Waals surface area (Å²) >= 11 is 7.81. The highest BCUT2D eigenvalue weighted by molar-refractivity contribution is 7.22. The maximum Gasteiger partial charge on any atom is 0.335 e. The van der Waals surface area contributed by atoms with Crippen molar-refractivity contribution in [3.05, 3.63) is 77.1 Å². The first kappa shape index (κ1) is 18.2. The summed E-state index contributed by atoms with van der Waals surface area (Å²) in [5, 5.41) is 18.1. The van der Waals surface area contributed by atoms with Gasteiger partial charge >= 0.3 is 5.97 Å². The minimum atomic E-state index is -0.955. The van der Waals surface area contributed by atoms with Crippen molar-refractivity contribution in [3.63, 3.8) is 0 Å². The van der Waals surface area contributed by atoms with Crippen LogP contribution in [0.5, 0.6) is 0 Å². The molecule has 28 heavy (non-hydrogen) atoms. The van der Waals surface area contributed by atoms with E-state index in [4.69, 9.17) is 16.7 Å². The maximum absolute atomic E-state index is 10.9. The van der Waals surface area contributed by atoms with Gasteiger partial charge in [-0.15, -0.1) is 16.5 Å². The average Bonchev–Trinajstić information content (AvgIpc) is 3.13. The van der Waals surface area contributed by atoms with E-state index in [0.717, 1.165) is 26.2 Å². The number of hydrogen-bond donors (Lipinski definition) is 1. The Labute approximate surface area is 169 Å². The van der Waals surface area contributed by atoms with Crippen LogP contribution < -0.4 is 0 Å². The Kier molecular flexibility index (Phi) is 5.10. The second-order valence-electron chi connectivity index (χ2n) is 5.90. The van der Waals surface area contributed by atoms with Crippen molar-refractivity contribution in [2.45, 2.75) is 6.54 Å². The van der Waals surface area contributed by atoms with Gasteiger partial charge in [-0.1, -0.05) is 41.9 Å². The van der Waals surface area contributed by atoms with Gasteiger partial charge in [0.2, 0.25) is 0 Å². The van der Waals surface area contributed by atoms with E-state index in [1.807, 2.05) is 30.3 Å². The third-order valence-electron chi connectivity index (χ3n) is 4.05. The van der Waals surface area contributed by atoms with Crippen molar-refractivity contribution in [2.24, 2.45) is 10.2 Å². The number of aromatic nitrogens is 2. The van der Waals surface area contributed by atoms with Gasteiger partial charge in [0.25, 0.3) is 0 Å². The number of carboxylic acids is 1. The molecule has 0 atom stereocenters. The van der Waals surface area contributed by atoms with Crippen LogP contribution in [0.4, 0.5) is 5.82 Å². The lowest BCUT2D eigenvalue weighted by Gasteiger charge is -1.99. The van der Waals surface area contributed by atoms with E-state index in [-0.39, 0.29) is 5.56 Å². The molecule has 0 saturated heterocycles. The summed E-state index contributed by atoms with van der Waals surface area (Å²) in [5.41, 5.74) is 2.83. The number of carboxylic acid groups (broad SMARTS) is 1. The zero-order valence-electron chi connectivity index (χ0n) is 14.4. The number of aromatic carboxylic acids is 1.